The number of hydrogen-bond acceptors (Lipinski definition) is 0. The Morgan fingerprint density at radius 1 is 1.33 bits per heavy atom. The Morgan fingerprint density at radius 2 is 2.11 bits per heavy atom. The van der Waals surface area contributed by atoms with Crippen LogP contribution in [0.15, 0.2) is 11.1 Å². The Hall–Kier alpha value is 0.220. The molecule has 1 heteroatoms. The van der Waals surface area contributed by atoms with Gasteiger partial charge in [-0.25, -0.2) is 0 Å². The molecule has 0 aliphatic heterocycles. The molecule has 1 atom stereocenters. The molecular formula is C8H12Br-. The van der Waals surface area contributed by atoms with Crippen LogP contribution in [0.1, 0.15) is 32.6 Å². The van der Waals surface area contributed by atoms with Crippen LogP contribution < -0.4 is 17.0 Å². The van der Waals surface area contributed by atoms with Crippen LogP contribution in [0.25, 0.3) is 0 Å². The molecule has 2 bridgehead atoms. The van der Waals surface area contributed by atoms with E-state index in [2.05, 4.69) is 6.92 Å². The Kier molecular flexibility index (Phi) is 2.00. The molecule has 52 valence electrons. The van der Waals surface area contributed by atoms with Gasteiger partial charge in [0.15, 0.2) is 0 Å². The zero-order valence-corrected chi connectivity index (χ0v) is 7.37. The second-order valence-corrected chi connectivity index (χ2v) is 3.20. The van der Waals surface area contributed by atoms with Crippen LogP contribution in [0.5, 0.6) is 0 Å². The first-order valence-electron chi connectivity index (χ1n) is 3.54. The van der Waals surface area contributed by atoms with E-state index in [-0.39, 0.29) is 17.0 Å². The Morgan fingerprint density at radius 3 is 2.33 bits per heavy atom. The van der Waals surface area contributed by atoms with Crippen molar-refractivity contribution >= 4 is 0 Å². The van der Waals surface area contributed by atoms with Gasteiger partial charge in [0.2, 0.25) is 0 Å². The van der Waals surface area contributed by atoms with Crippen molar-refractivity contribution < 1.29 is 17.0 Å². The first-order chi connectivity index (χ1) is 3.86. The van der Waals surface area contributed by atoms with Crippen molar-refractivity contribution in [2.75, 3.05) is 0 Å². The molecule has 1 saturated carbocycles. The topological polar surface area (TPSA) is 0 Å². The Labute approximate surface area is 67.1 Å². The fourth-order valence-electron chi connectivity index (χ4n) is 2.07. The predicted octanol–water partition coefficient (Wildman–Crippen LogP) is -0.489. The summed E-state index contributed by atoms with van der Waals surface area (Å²) in [7, 11) is 0. The van der Waals surface area contributed by atoms with Crippen LogP contribution in [-0.4, -0.2) is 0 Å². The van der Waals surface area contributed by atoms with E-state index >= 15 is 0 Å². The SMILES string of the molecule is CC1=C2CCC(C1)C2.[Br-]. The molecule has 0 heterocycles. The second kappa shape index (κ2) is 2.45. The molecule has 2 aliphatic carbocycles. The van der Waals surface area contributed by atoms with Crippen LogP contribution in [0.4, 0.5) is 0 Å². The van der Waals surface area contributed by atoms with E-state index in [9.17, 15) is 0 Å². The second-order valence-electron chi connectivity index (χ2n) is 3.20. The molecule has 0 spiro atoms. The fourth-order valence-corrected chi connectivity index (χ4v) is 2.07. The van der Waals surface area contributed by atoms with Crippen LogP contribution in [0.2, 0.25) is 0 Å². The van der Waals surface area contributed by atoms with E-state index in [4.69, 9.17) is 0 Å². The fraction of sp³-hybridized carbons (Fsp3) is 0.750. The summed E-state index contributed by atoms with van der Waals surface area (Å²) in [5, 5.41) is 0. The molecule has 0 aromatic rings. The minimum atomic E-state index is 0. The van der Waals surface area contributed by atoms with Crippen LogP contribution in [0, 0.1) is 5.92 Å². The van der Waals surface area contributed by atoms with Gasteiger partial charge in [0, 0.05) is 0 Å². The van der Waals surface area contributed by atoms with Crippen molar-refractivity contribution in [2.24, 2.45) is 5.92 Å². The van der Waals surface area contributed by atoms with Crippen LogP contribution in [0.3, 0.4) is 0 Å². The molecule has 1 unspecified atom stereocenters. The highest BCUT2D eigenvalue weighted by Gasteiger charge is 2.27. The minimum absolute atomic E-state index is 0. The smallest absolute Gasteiger partial charge is 0.0286 e. The zero-order chi connectivity index (χ0) is 5.56. The van der Waals surface area contributed by atoms with Crippen molar-refractivity contribution in [1.29, 1.82) is 0 Å². The number of halogens is 1. The van der Waals surface area contributed by atoms with Gasteiger partial charge >= 0.3 is 0 Å². The largest absolute Gasteiger partial charge is 1.00 e. The minimum Gasteiger partial charge on any atom is -1.00 e. The zero-order valence-electron chi connectivity index (χ0n) is 5.78. The van der Waals surface area contributed by atoms with E-state index in [0.29, 0.717) is 0 Å². The summed E-state index contributed by atoms with van der Waals surface area (Å²) in [6.07, 6.45) is 5.80. The predicted molar refractivity (Wildman–Crippen MR) is 34.7 cm³/mol. The molecule has 0 saturated heterocycles. The maximum absolute atomic E-state index is 2.30. The summed E-state index contributed by atoms with van der Waals surface area (Å²) in [6, 6.07) is 0. The van der Waals surface area contributed by atoms with Crippen molar-refractivity contribution in [3.05, 3.63) is 11.1 Å². The maximum atomic E-state index is 2.30. The average molecular weight is 188 g/mol. The normalized spacial score (nSPS) is 31.0. The monoisotopic (exact) mass is 187 g/mol. The van der Waals surface area contributed by atoms with Gasteiger partial charge in [-0.1, -0.05) is 11.1 Å². The lowest BCUT2D eigenvalue weighted by Gasteiger charge is -2.05. The first-order valence-corrected chi connectivity index (χ1v) is 3.54. The molecule has 2 rings (SSSR count). The summed E-state index contributed by atoms with van der Waals surface area (Å²) in [5.41, 5.74) is 3.50. The molecule has 0 aromatic carbocycles. The highest BCUT2D eigenvalue weighted by Crippen LogP contribution is 2.43. The summed E-state index contributed by atoms with van der Waals surface area (Å²) >= 11 is 0. The molecule has 0 aromatic heterocycles. The number of hydrogen-bond donors (Lipinski definition) is 0. The molecule has 1 fully saturated rings. The highest BCUT2D eigenvalue weighted by molar-refractivity contribution is 5.23. The molecule has 2 aliphatic rings. The summed E-state index contributed by atoms with van der Waals surface area (Å²) in [4.78, 5) is 0. The quantitative estimate of drug-likeness (QED) is 0.450. The van der Waals surface area contributed by atoms with Gasteiger partial charge in [0.25, 0.3) is 0 Å². The third-order valence-electron chi connectivity index (χ3n) is 2.59. The molecule has 0 N–H and O–H groups in total. The third-order valence-corrected chi connectivity index (χ3v) is 2.59. The molecular weight excluding hydrogens is 176 g/mol. The van der Waals surface area contributed by atoms with Gasteiger partial charge in [-0.05, 0) is 38.5 Å². The Balaban J connectivity index is 0.000000405. The van der Waals surface area contributed by atoms with Gasteiger partial charge in [0.1, 0.15) is 0 Å². The van der Waals surface area contributed by atoms with Gasteiger partial charge in [-0.2, -0.15) is 0 Å². The molecule has 0 radical (unpaired) electrons. The van der Waals surface area contributed by atoms with Crippen molar-refractivity contribution in [3.8, 4) is 0 Å². The van der Waals surface area contributed by atoms with E-state index < -0.39 is 0 Å². The van der Waals surface area contributed by atoms with E-state index in [1.54, 1.807) is 11.1 Å². The summed E-state index contributed by atoms with van der Waals surface area (Å²) in [6.45, 7) is 2.30. The van der Waals surface area contributed by atoms with Gasteiger partial charge < -0.3 is 17.0 Å². The van der Waals surface area contributed by atoms with Gasteiger partial charge in [-0.15, -0.1) is 0 Å². The molecule has 0 nitrogen and oxygen atoms in total. The lowest BCUT2D eigenvalue weighted by molar-refractivity contribution is -0.00000181. The van der Waals surface area contributed by atoms with Gasteiger partial charge in [0.05, 0.1) is 0 Å². The van der Waals surface area contributed by atoms with Crippen LogP contribution >= 0.6 is 0 Å². The van der Waals surface area contributed by atoms with Crippen LogP contribution in [-0.2, 0) is 0 Å². The number of allylic oxidation sites excluding steroid dienone is 2. The van der Waals surface area contributed by atoms with Crippen molar-refractivity contribution in [3.63, 3.8) is 0 Å². The third kappa shape index (κ3) is 1.07. The van der Waals surface area contributed by atoms with Crippen molar-refractivity contribution in [2.45, 2.75) is 32.6 Å². The number of fused-ring (bicyclic) bond motifs is 2. The Bertz CT molecular complexity index is 145. The summed E-state index contributed by atoms with van der Waals surface area (Å²) in [5.74, 6) is 1.07. The highest BCUT2D eigenvalue weighted by atomic mass is 79.9. The first kappa shape index (κ1) is 7.33. The van der Waals surface area contributed by atoms with E-state index in [1.165, 1.54) is 25.7 Å². The molecule has 9 heavy (non-hydrogen) atoms. The maximum Gasteiger partial charge on any atom is -0.0286 e. The summed E-state index contributed by atoms with van der Waals surface area (Å²) < 4.78 is 0. The standard InChI is InChI=1S/C8H12.BrH/c1-6-4-7-2-3-8(6)5-7;/h7H,2-5H2,1H3;1H/p-1. The van der Waals surface area contributed by atoms with Gasteiger partial charge in [-0.3, -0.25) is 0 Å². The lowest BCUT2D eigenvalue weighted by Crippen LogP contribution is -3.00. The van der Waals surface area contributed by atoms with E-state index in [0.717, 1.165) is 5.92 Å². The van der Waals surface area contributed by atoms with Crippen molar-refractivity contribution in [1.82, 2.24) is 0 Å². The molecule has 0 amide bonds. The van der Waals surface area contributed by atoms with E-state index in [1.807, 2.05) is 0 Å². The number of rotatable bonds is 0. The average Bonchev–Trinajstić information content (AvgIpc) is 2.23. The lowest BCUT2D eigenvalue weighted by atomic mass is 10.0.